The molecule has 27 heavy (non-hydrogen) atoms. The fourth-order valence-electron chi connectivity index (χ4n) is 3.05. The number of pyridine rings is 1. The number of fused-ring (bicyclic) bond motifs is 1. The molecule has 3 N–H and O–H groups in total. The number of benzene rings is 2. The number of amides is 2. The van der Waals surface area contributed by atoms with Crippen LogP contribution in [0, 0.1) is 0 Å². The molecule has 0 bridgehead atoms. The second-order valence-corrected chi connectivity index (χ2v) is 6.52. The maximum Gasteiger partial charge on any atom is 0.276 e. The van der Waals surface area contributed by atoms with E-state index in [1.165, 1.54) is 6.20 Å². The molecule has 6 nitrogen and oxygen atoms in total. The molecule has 1 aliphatic rings. The number of nitrogens with one attached hydrogen (secondary N) is 1. The highest BCUT2D eigenvalue weighted by Gasteiger charge is 2.29. The van der Waals surface area contributed by atoms with Gasteiger partial charge in [-0.05, 0) is 42.0 Å². The fourth-order valence-corrected chi connectivity index (χ4v) is 3.33. The van der Waals surface area contributed by atoms with Gasteiger partial charge < -0.3 is 16.0 Å². The van der Waals surface area contributed by atoms with Crippen LogP contribution in [0.5, 0.6) is 0 Å². The molecule has 7 heteroatoms. The number of carbonyl (C=O) groups is 2. The van der Waals surface area contributed by atoms with E-state index in [1.54, 1.807) is 41.3 Å². The molecule has 0 atom stereocenters. The summed E-state index contributed by atoms with van der Waals surface area (Å²) in [5.74, 6) is -0.521. The van der Waals surface area contributed by atoms with Gasteiger partial charge in [0.1, 0.15) is 0 Å². The van der Waals surface area contributed by atoms with Gasteiger partial charge in [0, 0.05) is 17.4 Å². The molecule has 2 heterocycles. The van der Waals surface area contributed by atoms with Crippen molar-refractivity contribution in [2.45, 2.75) is 6.54 Å². The minimum Gasteiger partial charge on any atom is -0.397 e. The average molecular weight is 379 g/mol. The summed E-state index contributed by atoms with van der Waals surface area (Å²) in [7, 11) is 0. The van der Waals surface area contributed by atoms with Gasteiger partial charge in [-0.15, -0.1) is 0 Å². The Morgan fingerprint density at radius 2 is 1.96 bits per heavy atom. The summed E-state index contributed by atoms with van der Waals surface area (Å²) >= 11 is 6.39. The van der Waals surface area contributed by atoms with Crippen molar-refractivity contribution in [1.29, 1.82) is 0 Å². The third kappa shape index (κ3) is 3.11. The molecule has 134 valence electrons. The van der Waals surface area contributed by atoms with Crippen LogP contribution in [-0.2, 0) is 6.54 Å². The van der Waals surface area contributed by atoms with Crippen molar-refractivity contribution in [2.24, 2.45) is 0 Å². The third-order valence-corrected chi connectivity index (χ3v) is 4.67. The highest BCUT2D eigenvalue weighted by molar-refractivity contribution is 6.34. The Morgan fingerprint density at radius 1 is 1.15 bits per heavy atom. The van der Waals surface area contributed by atoms with Crippen molar-refractivity contribution < 1.29 is 9.59 Å². The average Bonchev–Trinajstić information content (AvgIpc) is 2.99. The number of carbonyl (C=O) groups excluding carboxylic acids is 2. The summed E-state index contributed by atoms with van der Waals surface area (Å²) < 4.78 is 0. The molecular weight excluding hydrogens is 364 g/mol. The zero-order valence-electron chi connectivity index (χ0n) is 14.1. The molecule has 0 saturated carbocycles. The number of hydrogen-bond acceptors (Lipinski definition) is 4. The Balaban J connectivity index is 1.56. The van der Waals surface area contributed by atoms with Gasteiger partial charge in [0.15, 0.2) is 5.69 Å². The van der Waals surface area contributed by atoms with Crippen LogP contribution in [-0.4, -0.2) is 16.8 Å². The van der Waals surface area contributed by atoms with Crippen molar-refractivity contribution in [3.05, 3.63) is 82.6 Å². The number of anilines is 3. The van der Waals surface area contributed by atoms with Gasteiger partial charge in [0.05, 0.1) is 22.9 Å². The van der Waals surface area contributed by atoms with Crippen molar-refractivity contribution >= 4 is 40.5 Å². The molecule has 1 aromatic heterocycles. The first kappa shape index (κ1) is 17.1. The smallest absolute Gasteiger partial charge is 0.276 e. The number of nitrogen functional groups attached to an aromatic ring is 1. The Morgan fingerprint density at radius 3 is 2.70 bits per heavy atom. The van der Waals surface area contributed by atoms with Gasteiger partial charge in [-0.1, -0.05) is 29.8 Å². The van der Waals surface area contributed by atoms with Crippen LogP contribution in [0.4, 0.5) is 17.1 Å². The van der Waals surface area contributed by atoms with Gasteiger partial charge in [0.25, 0.3) is 11.8 Å². The van der Waals surface area contributed by atoms with Gasteiger partial charge in [-0.2, -0.15) is 0 Å². The maximum absolute atomic E-state index is 12.6. The van der Waals surface area contributed by atoms with E-state index in [-0.39, 0.29) is 17.3 Å². The van der Waals surface area contributed by atoms with Crippen LogP contribution in [0.15, 0.2) is 60.8 Å². The summed E-state index contributed by atoms with van der Waals surface area (Å²) in [6.07, 6.45) is 1.50. The van der Waals surface area contributed by atoms with Crippen LogP contribution in [0.3, 0.4) is 0 Å². The summed E-state index contributed by atoms with van der Waals surface area (Å²) in [5, 5.41) is 3.08. The summed E-state index contributed by atoms with van der Waals surface area (Å²) in [6, 6.07) is 15.7. The fraction of sp³-hybridized carbons (Fsp3) is 0.0500. The van der Waals surface area contributed by atoms with Gasteiger partial charge >= 0.3 is 0 Å². The van der Waals surface area contributed by atoms with E-state index in [0.717, 1.165) is 5.56 Å². The second kappa shape index (κ2) is 6.74. The molecule has 2 amide bonds. The monoisotopic (exact) mass is 378 g/mol. The van der Waals surface area contributed by atoms with Crippen molar-refractivity contribution in [3.63, 3.8) is 0 Å². The highest BCUT2D eigenvalue weighted by atomic mass is 35.5. The van der Waals surface area contributed by atoms with Crippen LogP contribution in [0.2, 0.25) is 5.02 Å². The highest BCUT2D eigenvalue weighted by Crippen LogP contribution is 2.34. The predicted molar refractivity (Wildman–Crippen MR) is 105 cm³/mol. The van der Waals surface area contributed by atoms with E-state index in [1.807, 2.05) is 18.2 Å². The summed E-state index contributed by atoms with van der Waals surface area (Å²) in [6.45, 7) is 0.463. The number of rotatable bonds is 3. The predicted octanol–water partition coefficient (Wildman–Crippen LogP) is 3.73. The zero-order valence-corrected chi connectivity index (χ0v) is 14.9. The van der Waals surface area contributed by atoms with Crippen LogP contribution in [0.25, 0.3) is 0 Å². The van der Waals surface area contributed by atoms with E-state index in [9.17, 15) is 9.59 Å². The van der Waals surface area contributed by atoms with E-state index in [2.05, 4.69) is 10.3 Å². The molecule has 0 unspecified atom stereocenters. The molecule has 0 spiro atoms. The molecule has 1 aliphatic heterocycles. The lowest BCUT2D eigenvalue weighted by Gasteiger charge is -2.18. The summed E-state index contributed by atoms with van der Waals surface area (Å²) in [4.78, 5) is 30.5. The quantitative estimate of drug-likeness (QED) is 0.726. The van der Waals surface area contributed by atoms with Crippen molar-refractivity contribution in [1.82, 2.24) is 4.98 Å². The Hall–Kier alpha value is -3.38. The Labute approximate surface area is 160 Å². The lowest BCUT2D eigenvalue weighted by molar-refractivity contribution is 0.0994. The summed E-state index contributed by atoms with van der Waals surface area (Å²) in [5.41, 5.74) is 8.92. The molecule has 0 radical (unpaired) electrons. The number of nitrogens with zero attached hydrogens (tertiary/aromatic N) is 2. The zero-order chi connectivity index (χ0) is 19.0. The molecular formula is C20H15ClN4O2. The molecule has 2 aromatic carbocycles. The first-order chi connectivity index (χ1) is 13.0. The molecule has 0 aliphatic carbocycles. The minimum atomic E-state index is -0.429. The van der Waals surface area contributed by atoms with Gasteiger partial charge in [-0.25, -0.2) is 4.98 Å². The van der Waals surface area contributed by atoms with Gasteiger partial charge in [-0.3, -0.25) is 9.59 Å². The number of halogens is 1. The molecule has 0 fully saturated rings. The SMILES string of the molecule is Nc1cccnc1C(=O)Nc1ccc(N2Cc3ccccc3C2=O)c(Cl)c1. The second-order valence-electron chi connectivity index (χ2n) is 6.11. The minimum absolute atomic E-state index is 0.0921. The Bertz CT molecular complexity index is 1070. The van der Waals surface area contributed by atoms with Crippen LogP contribution in [0.1, 0.15) is 26.4 Å². The van der Waals surface area contributed by atoms with E-state index >= 15 is 0 Å². The van der Waals surface area contributed by atoms with Gasteiger partial charge in [0.2, 0.25) is 0 Å². The number of hydrogen-bond donors (Lipinski definition) is 2. The third-order valence-electron chi connectivity index (χ3n) is 4.37. The molecule has 0 saturated heterocycles. The lowest BCUT2D eigenvalue weighted by atomic mass is 10.1. The van der Waals surface area contributed by atoms with E-state index < -0.39 is 5.91 Å². The van der Waals surface area contributed by atoms with E-state index in [4.69, 9.17) is 17.3 Å². The maximum atomic E-state index is 12.6. The number of aromatic nitrogens is 1. The lowest BCUT2D eigenvalue weighted by Crippen LogP contribution is -2.23. The topological polar surface area (TPSA) is 88.3 Å². The normalized spacial score (nSPS) is 12.8. The largest absolute Gasteiger partial charge is 0.397 e. The molecule has 3 aromatic rings. The first-order valence-electron chi connectivity index (χ1n) is 8.26. The first-order valence-corrected chi connectivity index (χ1v) is 8.63. The molecule has 4 rings (SSSR count). The van der Waals surface area contributed by atoms with Crippen molar-refractivity contribution in [2.75, 3.05) is 16.0 Å². The van der Waals surface area contributed by atoms with Crippen LogP contribution < -0.4 is 16.0 Å². The van der Waals surface area contributed by atoms with Crippen LogP contribution >= 0.6 is 11.6 Å². The standard InChI is InChI=1S/C20H15ClN4O2/c21-15-10-13(24-19(26)18-16(22)6-3-9-23-18)7-8-17(15)25-11-12-4-1-2-5-14(12)20(25)27/h1-10H,11,22H2,(H,24,26). The Kier molecular flexibility index (Phi) is 4.25. The number of nitrogens with two attached hydrogens (primary N) is 1. The van der Waals surface area contributed by atoms with Crippen molar-refractivity contribution in [3.8, 4) is 0 Å². The van der Waals surface area contributed by atoms with E-state index in [0.29, 0.717) is 28.5 Å².